The van der Waals surface area contributed by atoms with Gasteiger partial charge in [0.25, 0.3) is 5.84 Å². The van der Waals surface area contributed by atoms with Crippen LogP contribution in [0.2, 0.25) is 0 Å². The Morgan fingerprint density at radius 1 is 2.00 bits per heavy atom. The molecular formula is C3H5N2+. The standard InChI is InChI=1S/C3H5N2/c1-2-3-5-4/h2H,1,3H2/q+1. The van der Waals surface area contributed by atoms with Crippen LogP contribution >= 0.6 is 0 Å². The first-order valence-electron chi connectivity index (χ1n) is 1.33. The van der Waals surface area contributed by atoms with Crippen LogP contribution in [0.4, 0.5) is 0 Å². The number of rotatable bonds is 2. The van der Waals surface area contributed by atoms with Crippen LogP contribution in [0, 0.1) is 0 Å². The fraction of sp³-hybridized carbons (Fsp3) is 0.333. The van der Waals surface area contributed by atoms with Crippen molar-refractivity contribution in [1.82, 2.24) is 11.3 Å². The highest BCUT2D eigenvalue weighted by atomic mass is 15.2. The molecule has 0 aliphatic heterocycles. The molecule has 0 saturated carbocycles. The Hall–Kier alpha value is -0.340. The molecular weight excluding hydrogens is 64.0 g/mol. The van der Waals surface area contributed by atoms with Crippen molar-refractivity contribution in [3.8, 4) is 0 Å². The van der Waals surface area contributed by atoms with Crippen molar-refractivity contribution in [3.05, 3.63) is 12.7 Å². The van der Waals surface area contributed by atoms with Gasteiger partial charge in [-0.05, 0) is 6.08 Å². The van der Waals surface area contributed by atoms with E-state index in [2.05, 4.69) is 12.0 Å². The van der Waals surface area contributed by atoms with E-state index in [-0.39, 0.29) is 0 Å². The summed E-state index contributed by atoms with van der Waals surface area (Å²) in [7, 11) is 0. The first-order valence-corrected chi connectivity index (χ1v) is 1.33. The van der Waals surface area contributed by atoms with Crippen molar-refractivity contribution in [2.24, 2.45) is 0 Å². The fourth-order valence-corrected chi connectivity index (χ4v) is 0.0577. The maximum absolute atomic E-state index is 7.62. The maximum Gasteiger partial charge on any atom is 0.265 e. The second-order valence-electron chi connectivity index (χ2n) is 0.613. The van der Waals surface area contributed by atoms with Gasteiger partial charge in [-0.3, -0.25) is 0 Å². The average molecular weight is 69.1 g/mol. The molecule has 0 saturated heterocycles. The summed E-state index contributed by atoms with van der Waals surface area (Å²) in [5, 5.41) is 0. The molecule has 4 radical (unpaired) electrons. The van der Waals surface area contributed by atoms with Crippen LogP contribution in [0.15, 0.2) is 12.7 Å². The van der Waals surface area contributed by atoms with Crippen LogP contribution < -0.4 is 11.3 Å². The molecule has 0 heterocycles. The Bertz CT molecular complexity index is 26.1. The van der Waals surface area contributed by atoms with Gasteiger partial charge in [-0.2, -0.15) is 0 Å². The topological polar surface area (TPSA) is 36.4 Å². The van der Waals surface area contributed by atoms with Gasteiger partial charge in [0, 0.05) is 0 Å². The quantitative estimate of drug-likeness (QED) is 0.317. The van der Waals surface area contributed by atoms with Crippen LogP contribution in [0.5, 0.6) is 0 Å². The lowest BCUT2D eigenvalue weighted by molar-refractivity contribution is 0.772. The van der Waals surface area contributed by atoms with Crippen LogP contribution in [0.1, 0.15) is 0 Å². The van der Waals surface area contributed by atoms with E-state index in [9.17, 15) is 0 Å². The van der Waals surface area contributed by atoms with Gasteiger partial charge < -0.3 is 0 Å². The van der Waals surface area contributed by atoms with Gasteiger partial charge in [-0.15, -0.1) is 0 Å². The predicted octanol–water partition coefficient (Wildman–Crippen LogP) is -0.240. The van der Waals surface area contributed by atoms with Gasteiger partial charge in [0.1, 0.15) is 0 Å². The lowest BCUT2D eigenvalue weighted by atomic mass is 10.7. The Morgan fingerprint density at radius 3 is 2.60 bits per heavy atom. The Labute approximate surface area is 31.6 Å². The first-order chi connectivity index (χ1) is 2.41. The van der Waals surface area contributed by atoms with Gasteiger partial charge in [-0.1, -0.05) is 6.58 Å². The van der Waals surface area contributed by atoms with Crippen LogP contribution in [-0.2, 0) is 0 Å². The summed E-state index contributed by atoms with van der Waals surface area (Å²) in [5.41, 5.74) is 2.74. The molecule has 0 aromatic rings. The van der Waals surface area contributed by atoms with Gasteiger partial charge in [0.2, 0.25) is 12.0 Å². The summed E-state index contributed by atoms with van der Waals surface area (Å²) in [5.74, 6) is 7.62. The molecule has 0 aromatic heterocycles. The van der Waals surface area contributed by atoms with Crippen LogP contribution in [0.25, 0.3) is 0 Å². The molecule has 0 unspecified atom stereocenters. The van der Waals surface area contributed by atoms with E-state index in [4.69, 9.17) is 5.84 Å². The first kappa shape index (κ1) is 4.66. The van der Waals surface area contributed by atoms with Gasteiger partial charge in [0.15, 0.2) is 0 Å². The van der Waals surface area contributed by atoms with Gasteiger partial charge in [-0.25, -0.2) is 0 Å². The Kier molecular flexibility index (Phi) is 3.41. The third kappa shape index (κ3) is 3.66. The van der Waals surface area contributed by atoms with E-state index < -0.39 is 0 Å². The second kappa shape index (κ2) is 3.66. The zero-order chi connectivity index (χ0) is 4.12. The summed E-state index contributed by atoms with van der Waals surface area (Å²) in [6.07, 6.45) is 1.51. The monoisotopic (exact) mass is 69.0 g/mol. The van der Waals surface area contributed by atoms with E-state index in [0.29, 0.717) is 6.54 Å². The van der Waals surface area contributed by atoms with Crippen molar-refractivity contribution < 1.29 is 0 Å². The Balaban J connectivity index is 2.40. The fourth-order valence-electron chi connectivity index (χ4n) is 0.0577. The molecule has 2 heteroatoms. The van der Waals surface area contributed by atoms with Crippen molar-refractivity contribution in [2.45, 2.75) is 0 Å². The molecule has 0 aromatic carbocycles. The second-order valence-corrected chi connectivity index (χ2v) is 0.613. The van der Waals surface area contributed by atoms with Crippen molar-refractivity contribution in [2.75, 3.05) is 6.54 Å². The zero-order valence-electron chi connectivity index (χ0n) is 2.89. The maximum atomic E-state index is 7.62. The van der Waals surface area contributed by atoms with E-state index >= 15 is 0 Å². The number of hydrogen-bond donors (Lipinski definition) is 0. The summed E-state index contributed by atoms with van der Waals surface area (Å²) < 4.78 is 0. The average Bonchev–Trinajstić information content (AvgIpc) is 1.41. The summed E-state index contributed by atoms with van der Waals surface area (Å²) in [6.45, 7) is 3.63. The highest BCUT2D eigenvalue weighted by Gasteiger charge is 1.85. The molecule has 26 valence electrons. The molecule has 0 bridgehead atoms. The van der Waals surface area contributed by atoms with E-state index in [0.717, 1.165) is 0 Å². The molecule has 0 N–H and O–H groups in total. The molecule has 2 nitrogen and oxygen atoms in total. The SMILES string of the molecule is C=CC[N+][N]. The van der Waals surface area contributed by atoms with E-state index in [1.165, 1.54) is 6.08 Å². The molecule has 5 heavy (non-hydrogen) atoms. The third-order valence-electron chi connectivity index (χ3n) is 0.211. The van der Waals surface area contributed by atoms with Gasteiger partial charge in [0.05, 0.1) is 0 Å². The summed E-state index contributed by atoms with van der Waals surface area (Å²) in [6, 6.07) is 0. The smallest absolute Gasteiger partial charge is 0.0970 e. The molecule has 0 fully saturated rings. The number of hydrogen-bond acceptors (Lipinski definition) is 0. The minimum Gasteiger partial charge on any atom is -0.0970 e. The molecule has 0 aliphatic rings. The van der Waals surface area contributed by atoms with Crippen LogP contribution in [-0.4, -0.2) is 6.54 Å². The van der Waals surface area contributed by atoms with Crippen molar-refractivity contribution in [1.29, 1.82) is 0 Å². The van der Waals surface area contributed by atoms with Crippen LogP contribution in [0.3, 0.4) is 0 Å². The highest BCUT2D eigenvalue weighted by molar-refractivity contribution is 4.65. The highest BCUT2D eigenvalue weighted by Crippen LogP contribution is 1.50. The van der Waals surface area contributed by atoms with E-state index in [1.54, 1.807) is 0 Å². The molecule has 0 spiro atoms. The van der Waals surface area contributed by atoms with Crippen molar-refractivity contribution >= 4 is 0 Å². The lowest BCUT2D eigenvalue weighted by Crippen LogP contribution is -1.97. The molecule has 0 rings (SSSR count). The summed E-state index contributed by atoms with van der Waals surface area (Å²) >= 11 is 0. The predicted molar refractivity (Wildman–Crippen MR) is 19.3 cm³/mol. The minimum atomic E-state index is 0.333. The lowest BCUT2D eigenvalue weighted by Gasteiger charge is -1.51. The molecule has 0 aliphatic carbocycles. The van der Waals surface area contributed by atoms with E-state index in [1.807, 2.05) is 0 Å². The van der Waals surface area contributed by atoms with Gasteiger partial charge >= 0.3 is 0 Å². The zero-order valence-corrected chi connectivity index (χ0v) is 2.89. The molecule has 0 atom stereocenters. The van der Waals surface area contributed by atoms with Crippen molar-refractivity contribution in [3.63, 3.8) is 0 Å². The molecule has 0 amide bonds. The largest absolute Gasteiger partial charge is 0.265 e. The Morgan fingerprint density at radius 2 is 2.60 bits per heavy atom. The minimum absolute atomic E-state index is 0.333. The number of nitrogens with zero attached hydrogens (tertiary/aromatic N) is 2. The third-order valence-corrected chi connectivity index (χ3v) is 0.211. The normalized spacial score (nSPS) is 7.40. The summed E-state index contributed by atoms with van der Waals surface area (Å²) in [4.78, 5) is 0.